The zero-order valence-corrected chi connectivity index (χ0v) is 18.6. The SMILES string of the molecule is COc1ccc(C2CCCN(C(=O)c3sc(-c4ccc(C(F)(F)F)cc4)nc3C)C2)cc1. The molecule has 0 aliphatic carbocycles. The lowest BCUT2D eigenvalue weighted by Gasteiger charge is -2.33. The summed E-state index contributed by atoms with van der Waals surface area (Å²) in [7, 11) is 1.63. The van der Waals surface area contributed by atoms with Gasteiger partial charge in [0.05, 0.1) is 18.4 Å². The Kier molecular flexibility index (Phi) is 6.24. The average Bonchev–Trinajstić information content (AvgIpc) is 3.20. The first-order valence-electron chi connectivity index (χ1n) is 10.3. The molecule has 1 aliphatic heterocycles. The number of carbonyl (C=O) groups is 1. The lowest BCUT2D eigenvalue weighted by Crippen LogP contribution is -2.39. The highest BCUT2D eigenvalue weighted by atomic mass is 32.1. The number of piperidine rings is 1. The number of ether oxygens (including phenoxy) is 1. The number of aromatic nitrogens is 1. The Balaban J connectivity index is 1.51. The van der Waals surface area contributed by atoms with Crippen molar-refractivity contribution in [3.8, 4) is 16.3 Å². The van der Waals surface area contributed by atoms with Gasteiger partial charge < -0.3 is 9.64 Å². The van der Waals surface area contributed by atoms with Crippen molar-refractivity contribution >= 4 is 17.2 Å². The number of benzene rings is 2. The van der Waals surface area contributed by atoms with Crippen LogP contribution in [0.5, 0.6) is 5.75 Å². The summed E-state index contributed by atoms with van der Waals surface area (Å²) in [6, 6.07) is 12.8. The lowest BCUT2D eigenvalue weighted by molar-refractivity contribution is -0.137. The molecule has 1 saturated heterocycles. The zero-order chi connectivity index (χ0) is 22.9. The number of nitrogens with zero attached hydrogens (tertiary/aromatic N) is 2. The van der Waals surface area contributed by atoms with Crippen molar-refractivity contribution in [1.82, 2.24) is 9.88 Å². The summed E-state index contributed by atoms with van der Waals surface area (Å²) in [6.45, 7) is 3.07. The molecule has 4 nitrogen and oxygen atoms in total. The monoisotopic (exact) mass is 460 g/mol. The smallest absolute Gasteiger partial charge is 0.416 e. The molecule has 3 aromatic rings. The van der Waals surface area contributed by atoms with Crippen LogP contribution in [0, 0.1) is 6.92 Å². The Morgan fingerprint density at radius 1 is 1.12 bits per heavy atom. The van der Waals surface area contributed by atoms with Crippen molar-refractivity contribution < 1.29 is 22.7 Å². The fraction of sp³-hybridized carbons (Fsp3) is 0.333. The largest absolute Gasteiger partial charge is 0.497 e. The van der Waals surface area contributed by atoms with E-state index >= 15 is 0 Å². The Labute approximate surface area is 188 Å². The van der Waals surface area contributed by atoms with E-state index in [1.807, 2.05) is 29.2 Å². The first kappa shape index (κ1) is 22.3. The van der Waals surface area contributed by atoms with E-state index in [1.54, 1.807) is 14.0 Å². The van der Waals surface area contributed by atoms with E-state index in [0.29, 0.717) is 34.2 Å². The number of hydrogen-bond donors (Lipinski definition) is 0. The number of likely N-dealkylation sites (tertiary alicyclic amines) is 1. The van der Waals surface area contributed by atoms with Gasteiger partial charge in [-0.3, -0.25) is 4.79 Å². The van der Waals surface area contributed by atoms with Crippen LogP contribution in [-0.4, -0.2) is 36.0 Å². The summed E-state index contributed by atoms with van der Waals surface area (Å²) in [5, 5.41) is 0.545. The third-order valence-electron chi connectivity index (χ3n) is 5.75. The molecule has 0 radical (unpaired) electrons. The van der Waals surface area contributed by atoms with Crippen molar-refractivity contribution in [1.29, 1.82) is 0 Å². The van der Waals surface area contributed by atoms with Crippen molar-refractivity contribution in [3.05, 3.63) is 70.2 Å². The van der Waals surface area contributed by atoms with Gasteiger partial charge in [-0.25, -0.2) is 4.98 Å². The molecule has 0 bridgehead atoms. The fourth-order valence-corrected chi connectivity index (χ4v) is 5.01. The van der Waals surface area contributed by atoms with Gasteiger partial charge in [-0.15, -0.1) is 11.3 Å². The van der Waals surface area contributed by atoms with Crippen LogP contribution in [0.25, 0.3) is 10.6 Å². The molecule has 1 atom stereocenters. The predicted molar refractivity (Wildman–Crippen MR) is 118 cm³/mol. The Bertz CT molecular complexity index is 1090. The van der Waals surface area contributed by atoms with Gasteiger partial charge in [0, 0.05) is 24.6 Å². The first-order chi connectivity index (χ1) is 15.3. The van der Waals surface area contributed by atoms with Crippen LogP contribution in [0.4, 0.5) is 13.2 Å². The molecule has 1 aromatic heterocycles. The highest BCUT2D eigenvalue weighted by molar-refractivity contribution is 7.17. The van der Waals surface area contributed by atoms with Crippen molar-refractivity contribution in [2.24, 2.45) is 0 Å². The van der Waals surface area contributed by atoms with E-state index in [9.17, 15) is 18.0 Å². The Hall–Kier alpha value is -2.87. The minimum atomic E-state index is -4.38. The van der Waals surface area contributed by atoms with Crippen LogP contribution in [0.2, 0.25) is 0 Å². The van der Waals surface area contributed by atoms with Crippen LogP contribution >= 0.6 is 11.3 Å². The fourth-order valence-electron chi connectivity index (χ4n) is 3.97. The molecular formula is C24H23F3N2O2S. The standard InChI is InChI=1S/C24H23F3N2O2S/c1-15-21(32-22(28-15)17-5-9-19(10-6-17)24(25,26)27)23(30)29-13-3-4-18(14-29)16-7-11-20(31-2)12-8-16/h5-12,18H,3-4,13-14H2,1-2H3. The number of hydrogen-bond acceptors (Lipinski definition) is 4. The molecule has 1 aliphatic rings. The first-order valence-corrected chi connectivity index (χ1v) is 11.2. The number of methoxy groups -OCH3 is 1. The number of thiazole rings is 1. The third kappa shape index (κ3) is 4.65. The molecule has 1 fully saturated rings. The molecule has 32 heavy (non-hydrogen) atoms. The molecular weight excluding hydrogens is 437 g/mol. The van der Waals surface area contributed by atoms with Gasteiger partial charge in [-0.05, 0) is 49.6 Å². The topological polar surface area (TPSA) is 42.4 Å². The van der Waals surface area contributed by atoms with Crippen LogP contribution in [0.1, 0.15) is 45.3 Å². The summed E-state index contributed by atoms with van der Waals surface area (Å²) >= 11 is 1.23. The van der Waals surface area contributed by atoms with Crippen LogP contribution < -0.4 is 4.74 Å². The normalized spacial score (nSPS) is 16.8. The van der Waals surface area contributed by atoms with Crippen LogP contribution in [0.3, 0.4) is 0 Å². The van der Waals surface area contributed by atoms with E-state index in [1.165, 1.54) is 29.0 Å². The number of carbonyl (C=O) groups excluding carboxylic acids is 1. The van der Waals surface area contributed by atoms with Gasteiger partial charge in [-0.2, -0.15) is 13.2 Å². The quantitative estimate of drug-likeness (QED) is 0.468. The van der Waals surface area contributed by atoms with E-state index in [4.69, 9.17) is 4.74 Å². The second kappa shape index (κ2) is 8.94. The number of alkyl halides is 3. The Morgan fingerprint density at radius 3 is 2.44 bits per heavy atom. The lowest BCUT2D eigenvalue weighted by atomic mass is 9.90. The van der Waals surface area contributed by atoms with E-state index in [-0.39, 0.29) is 11.8 Å². The van der Waals surface area contributed by atoms with Crippen LogP contribution in [-0.2, 0) is 6.18 Å². The second-order valence-electron chi connectivity index (χ2n) is 7.87. The number of amides is 1. The molecule has 1 amide bonds. The minimum absolute atomic E-state index is 0.0728. The predicted octanol–water partition coefficient (Wildman–Crippen LogP) is 6.17. The molecule has 1 unspecified atom stereocenters. The maximum atomic E-state index is 13.3. The summed E-state index contributed by atoms with van der Waals surface area (Å²) in [4.78, 5) is 20.1. The summed E-state index contributed by atoms with van der Waals surface area (Å²) in [5.74, 6) is 0.978. The number of aryl methyl sites for hydroxylation is 1. The van der Waals surface area contributed by atoms with Gasteiger partial charge in [0.2, 0.25) is 0 Å². The number of halogens is 3. The number of rotatable bonds is 4. The maximum Gasteiger partial charge on any atom is 0.416 e. The average molecular weight is 461 g/mol. The molecule has 168 valence electrons. The molecule has 0 spiro atoms. The molecule has 0 saturated carbocycles. The molecule has 4 rings (SSSR count). The van der Waals surface area contributed by atoms with Crippen molar-refractivity contribution in [2.75, 3.05) is 20.2 Å². The minimum Gasteiger partial charge on any atom is -0.497 e. The highest BCUT2D eigenvalue weighted by Crippen LogP contribution is 2.34. The van der Waals surface area contributed by atoms with Gasteiger partial charge in [0.15, 0.2) is 0 Å². The van der Waals surface area contributed by atoms with Gasteiger partial charge in [0.1, 0.15) is 15.6 Å². The molecule has 8 heteroatoms. The highest BCUT2D eigenvalue weighted by Gasteiger charge is 2.31. The molecule has 2 heterocycles. The van der Waals surface area contributed by atoms with Crippen molar-refractivity contribution in [3.63, 3.8) is 0 Å². The van der Waals surface area contributed by atoms with Gasteiger partial charge >= 0.3 is 6.18 Å². The molecule has 2 aromatic carbocycles. The van der Waals surface area contributed by atoms with E-state index in [0.717, 1.165) is 30.7 Å². The van der Waals surface area contributed by atoms with Gasteiger partial charge in [-0.1, -0.05) is 24.3 Å². The van der Waals surface area contributed by atoms with Crippen LogP contribution in [0.15, 0.2) is 48.5 Å². The van der Waals surface area contributed by atoms with E-state index in [2.05, 4.69) is 4.98 Å². The Morgan fingerprint density at radius 2 is 1.81 bits per heavy atom. The summed E-state index contributed by atoms with van der Waals surface area (Å²) in [5.41, 5.74) is 1.64. The van der Waals surface area contributed by atoms with Crippen molar-refractivity contribution in [2.45, 2.75) is 31.9 Å². The molecule has 0 N–H and O–H groups in total. The summed E-state index contributed by atoms with van der Waals surface area (Å²) in [6.07, 6.45) is -2.46. The van der Waals surface area contributed by atoms with Gasteiger partial charge in [0.25, 0.3) is 5.91 Å². The van der Waals surface area contributed by atoms with E-state index < -0.39 is 11.7 Å². The third-order valence-corrected chi connectivity index (χ3v) is 6.94. The second-order valence-corrected chi connectivity index (χ2v) is 8.87. The maximum absolute atomic E-state index is 13.3. The zero-order valence-electron chi connectivity index (χ0n) is 17.8. The summed E-state index contributed by atoms with van der Waals surface area (Å²) < 4.78 is 43.7.